The fourth-order valence-electron chi connectivity index (χ4n) is 5.42. The molecule has 1 aliphatic heterocycles. The summed E-state index contributed by atoms with van der Waals surface area (Å²) in [6, 6.07) is 13.4. The Kier molecular flexibility index (Phi) is 11.4. The first-order chi connectivity index (χ1) is 21.8. The van der Waals surface area contributed by atoms with E-state index in [9.17, 15) is 40.4 Å². The summed E-state index contributed by atoms with van der Waals surface area (Å²) in [6.07, 6.45) is -0.421. The number of carbonyl (C=O) groups excluding carboxylic acids is 1. The van der Waals surface area contributed by atoms with E-state index in [4.69, 9.17) is 4.74 Å². The molecule has 14 heteroatoms. The first kappa shape index (κ1) is 34.9. The van der Waals surface area contributed by atoms with Gasteiger partial charge in [-0.1, -0.05) is 25.1 Å². The van der Waals surface area contributed by atoms with E-state index in [2.05, 4.69) is 10.1 Å². The number of rotatable bonds is 13. The van der Waals surface area contributed by atoms with Gasteiger partial charge < -0.3 is 19.7 Å². The van der Waals surface area contributed by atoms with Crippen LogP contribution in [0.4, 0.5) is 27.6 Å². The summed E-state index contributed by atoms with van der Waals surface area (Å²) in [5.74, 6) is -1.89. The lowest BCUT2D eigenvalue weighted by molar-refractivity contribution is -0.160. The Morgan fingerprint density at radius 1 is 1.11 bits per heavy atom. The Morgan fingerprint density at radius 2 is 1.80 bits per heavy atom. The van der Waals surface area contributed by atoms with Crippen molar-refractivity contribution in [2.45, 2.75) is 56.0 Å². The highest BCUT2D eigenvalue weighted by Gasteiger charge is 2.38. The molecule has 1 amide bonds. The van der Waals surface area contributed by atoms with Crippen LogP contribution in [0.25, 0.3) is 0 Å². The third-order valence-electron chi connectivity index (χ3n) is 7.97. The van der Waals surface area contributed by atoms with Crippen molar-refractivity contribution in [2.24, 2.45) is 11.8 Å². The number of allylic oxidation sites excluding steroid dienone is 3. The molecule has 2 unspecified atom stereocenters. The van der Waals surface area contributed by atoms with Gasteiger partial charge in [0.1, 0.15) is 5.76 Å². The van der Waals surface area contributed by atoms with Gasteiger partial charge in [0.05, 0.1) is 54.4 Å². The Balaban J connectivity index is 1.41. The molecule has 2 aliphatic rings. The van der Waals surface area contributed by atoms with Crippen LogP contribution in [0.1, 0.15) is 48.1 Å². The van der Waals surface area contributed by atoms with E-state index in [0.717, 1.165) is 6.08 Å². The highest BCUT2D eigenvalue weighted by Crippen LogP contribution is 2.34. The second-order valence-corrected chi connectivity index (χ2v) is 13.3. The van der Waals surface area contributed by atoms with E-state index >= 15 is 0 Å². The van der Waals surface area contributed by atoms with Crippen molar-refractivity contribution in [3.05, 3.63) is 83.6 Å². The number of amides is 1. The fourth-order valence-corrected chi connectivity index (χ4v) is 6.30. The summed E-state index contributed by atoms with van der Waals surface area (Å²) in [7, 11) is -3.41. The Bertz CT molecular complexity index is 1550. The van der Waals surface area contributed by atoms with E-state index in [0.29, 0.717) is 30.0 Å². The van der Waals surface area contributed by atoms with Crippen molar-refractivity contribution < 1.29 is 44.6 Å². The van der Waals surface area contributed by atoms with Crippen LogP contribution in [0.5, 0.6) is 0 Å². The van der Waals surface area contributed by atoms with Crippen LogP contribution in [0.15, 0.2) is 77.4 Å². The first-order valence-corrected chi connectivity index (χ1v) is 16.3. The van der Waals surface area contributed by atoms with Crippen molar-refractivity contribution in [3.63, 3.8) is 0 Å². The molecule has 4 rings (SSSR count). The van der Waals surface area contributed by atoms with Crippen molar-refractivity contribution in [2.75, 3.05) is 30.4 Å². The van der Waals surface area contributed by atoms with Gasteiger partial charge >= 0.3 is 12.8 Å². The normalized spacial score (nSPS) is 20.7. The SMILES string of the molecule is CCS(=O)(=O)c1ccc([C@@H](CC#N)NC(=O)c2ccc(N3CC(COC4=CCC(C(F)(F)F)C=C4)C[C@H]3COC(F)F)cc2)cc1. The molecule has 1 fully saturated rings. The van der Waals surface area contributed by atoms with Gasteiger partial charge in [0.15, 0.2) is 9.84 Å². The van der Waals surface area contributed by atoms with E-state index in [1.165, 1.54) is 31.2 Å². The van der Waals surface area contributed by atoms with Gasteiger partial charge in [-0.3, -0.25) is 4.79 Å². The summed E-state index contributed by atoms with van der Waals surface area (Å²) in [6.45, 7) is -1.12. The van der Waals surface area contributed by atoms with Crippen molar-refractivity contribution >= 4 is 21.4 Å². The standard InChI is InChI=1S/C32H34F5N3O5S/c1-2-46(42,43)28-13-5-22(6-14-28)29(15-16-38)39-30(41)23-3-9-25(10-4-23)40-18-21(17-26(40)20-45-31(33)34)19-44-27-11-7-24(8-12-27)32(35,36)37/h3-7,9-14,21,24,26,29,31H,2,8,15,17-20H2,1H3,(H,39,41)/t21?,24?,26-,29+/m0/s1. The number of nitrogens with one attached hydrogen (secondary N) is 1. The van der Waals surface area contributed by atoms with Crippen molar-refractivity contribution in [1.82, 2.24) is 5.32 Å². The number of benzene rings is 2. The Morgan fingerprint density at radius 3 is 2.37 bits per heavy atom. The predicted molar refractivity (Wildman–Crippen MR) is 160 cm³/mol. The molecular formula is C32H34F5N3O5S. The third kappa shape index (κ3) is 9.07. The van der Waals surface area contributed by atoms with E-state index in [1.54, 1.807) is 36.4 Å². The minimum absolute atomic E-state index is 0.0532. The Labute approximate surface area is 264 Å². The number of hydrogen-bond acceptors (Lipinski definition) is 7. The minimum atomic E-state index is -4.33. The van der Waals surface area contributed by atoms with Crippen molar-refractivity contribution in [1.29, 1.82) is 5.26 Å². The van der Waals surface area contributed by atoms with Crippen LogP contribution >= 0.6 is 0 Å². The van der Waals surface area contributed by atoms with Crippen LogP contribution < -0.4 is 10.2 Å². The van der Waals surface area contributed by atoms with E-state index in [1.807, 2.05) is 11.0 Å². The summed E-state index contributed by atoms with van der Waals surface area (Å²) in [5.41, 5.74) is 1.49. The van der Waals surface area contributed by atoms with E-state index < -0.39 is 46.5 Å². The third-order valence-corrected chi connectivity index (χ3v) is 9.72. The zero-order valence-electron chi connectivity index (χ0n) is 24.9. The quantitative estimate of drug-likeness (QED) is 0.249. The van der Waals surface area contributed by atoms with Crippen molar-refractivity contribution in [3.8, 4) is 6.07 Å². The van der Waals surface area contributed by atoms with Gasteiger partial charge in [-0.05, 0) is 67.0 Å². The molecule has 4 atom stereocenters. The van der Waals surface area contributed by atoms with Crippen LogP contribution in [0, 0.1) is 23.2 Å². The number of anilines is 1. The molecule has 2 aromatic carbocycles. The molecule has 1 heterocycles. The molecule has 1 N–H and O–H groups in total. The first-order valence-electron chi connectivity index (χ1n) is 14.7. The predicted octanol–water partition coefficient (Wildman–Crippen LogP) is 6.34. The maximum Gasteiger partial charge on any atom is 0.395 e. The largest absolute Gasteiger partial charge is 0.494 e. The molecule has 2 aromatic rings. The molecule has 0 radical (unpaired) electrons. The molecule has 8 nitrogen and oxygen atoms in total. The smallest absolute Gasteiger partial charge is 0.395 e. The molecule has 0 bridgehead atoms. The number of sulfone groups is 1. The lowest BCUT2D eigenvalue weighted by Gasteiger charge is -2.27. The average molecular weight is 668 g/mol. The number of hydrogen-bond donors (Lipinski definition) is 1. The van der Waals surface area contributed by atoms with Crippen LogP contribution in [-0.2, 0) is 19.3 Å². The molecule has 0 spiro atoms. The molecule has 0 saturated carbocycles. The molecule has 0 aromatic heterocycles. The fraction of sp³-hybridized carbons (Fsp3) is 0.438. The van der Waals surface area contributed by atoms with Gasteiger partial charge in [-0.15, -0.1) is 0 Å². The van der Waals surface area contributed by atoms with Crippen LogP contribution in [0.3, 0.4) is 0 Å². The summed E-state index contributed by atoms with van der Waals surface area (Å²) >= 11 is 0. The zero-order valence-corrected chi connectivity index (χ0v) is 25.7. The number of nitriles is 1. The second-order valence-electron chi connectivity index (χ2n) is 11.1. The molecule has 46 heavy (non-hydrogen) atoms. The highest BCUT2D eigenvalue weighted by molar-refractivity contribution is 7.91. The van der Waals surface area contributed by atoms with Gasteiger partial charge in [-0.2, -0.15) is 27.2 Å². The summed E-state index contributed by atoms with van der Waals surface area (Å²) in [4.78, 5) is 15.1. The van der Waals surface area contributed by atoms with Gasteiger partial charge in [0.25, 0.3) is 5.91 Å². The lowest BCUT2D eigenvalue weighted by atomic mass is 9.99. The van der Waals surface area contributed by atoms with Gasteiger partial charge in [0.2, 0.25) is 0 Å². The Hall–Kier alpha value is -3.96. The summed E-state index contributed by atoms with van der Waals surface area (Å²) in [5, 5.41) is 12.1. The number of nitrogens with zero attached hydrogens (tertiary/aromatic N) is 2. The number of ether oxygens (including phenoxy) is 2. The topological polar surface area (TPSA) is 109 Å². The summed E-state index contributed by atoms with van der Waals surface area (Å²) < 4.78 is 99.1. The van der Waals surface area contributed by atoms with Crippen LogP contribution in [-0.4, -0.2) is 58.7 Å². The minimum Gasteiger partial charge on any atom is -0.494 e. The maximum atomic E-state index is 13.1. The maximum absolute atomic E-state index is 13.1. The second kappa shape index (κ2) is 15.1. The van der Waals surface area contributed by atoms with Gasteiger partial charge in [0, 0.05) is 23.7 Å². The van der Waals surface area contributed by atoms with E-state index in [-0.39, 0.29) is 48.2 Å². The number of halogens is 5. The monoisotopic (exact) mass is 667 g/mol. The molecule has 1 aliphatic carbocycles. The molecular weight excluding hydrogens is 633 g/mol. The average Bonchev–Trinajstić information content (AvgIpc) is 3.45. The molecule has 248 valence electrons. The zero-order chi connectivity index (χ0) is 33.5. The van der Waals surface area contributed by atoms with Crippen LogP contribution in [0.2, 0.25) is 0 Å². The number of alkyl halides is 5. The lowest BCUT2D eigenvalue weighted by Crippen LogP contribution is -2.34. The highest BCUT2D eigenvalue weighted by atomic mass is 32.2. The number of carbonyl (C=O) groups is 1. The van der Waals surface area contributed by atoms with Gasteiger partial charge in [-0.25, -0.2) is 8.42 Å². The molecule has 1 saturated heterocycles.